The van der Waals surface area contributed by atoms with Crippen molar-refractivity contribution in [1.82, 2.24) is 4.90 Å². The zero-order valence-electron chi connectivity index (χ0n) is 11.8. The summed E-state index contributed by atoms with van der Waals surface area (Å²) in [5.41, 5.74) is 7.07. The molecular formula is C15H20N2O4. The van der Waals surface area contributed by atoms with Crippen molar-refractivity contribution in [3.05, 3.63) is 35.9 Å². The Bertz CT molecular complexity index is 492. The number of hydrogen-bond acceptors (Lipinski definition) is 4. The second kappa shape index (κ2) is 7.19. The van der Waals surface area contributed by atoms with Crippen LogP contribution in [0.1, 0.15) is 12.0 Å². The number of aryl methyl sites for hydroxylation is 1. The summed E-state index contributed by atoms with van der Waals surface area (Å²) in [5.74, 6) is -1.26. The second-order valence-electron chi connectivity index (χ2n) is 5.11. The number of nitrogens with zero attached hydrogens (tertiary/aromatic N) is 1. The molecule has 1 saturated heterocycles. The van der Waals surface area contributed by atoms with E-state index in [4.69, 9.17) is 15.6 Å². The van der Waals surface area contributed by atoms with E-state index in [-0.39, 0.29) is 19.1 Å². The average molecular weight is 292 g/mol. The quantitative estimate of drug-likeness (QED) is 0.812. The molecule has 0 saturated carbocycles. The van der Waals surface area contributed by atoms with Gasteiger partial charge in [-0.3, -0.25) is 4.79 Å². The van der Waals surface area contributed by atoms with Crippen LogP contribution >= 0.6 is 0 Å². The standard InChI is InChI=1S/C15H20N2O4/c16-12(7-6-11-4-2-1-3-5-11)14(18)17-8-9-21-13(10-17)15(19)20/h1-5,12-13H,6-10,16H2,(H,19,20). The molecule has 1 fully saturated rings. The summed E-state index contributed by atoms with van der Waals surface area (Å²) in [6.07, 6.45) is 0.308. The van der Waals surface area contributed by atoms with Gasteiger partial charge < -0.3 is 20.5 Å². The van der Waals surface area contributed by atoms with E-state index in [9.17, 15) is 9.59 Å². The molecule has 0 aliphatic carbocycles. The highest BCUT2D eigenvalue weighted by molar-refractivity contribution is 5.83. The minimum atomic E-state index is -1.05. The molecule has 114 valence electrons. The van der Waals surface area contributed by atoms with Crippen LogP contribution in [0, 0.1) is 0 Å². The van der Waals surface area contributed by atoms with Crippen molar-refractivity contribution in [1.29, 1.82) is 0 Å². The van der Waals surface area contributed by atoms with Crippen molar-refractivity contribution in [2.24, 2.45) is 5.73 Å². The Balaban J connectivity index is 1.85. The summed E-state index contributed by atoms with van der Waals surface area (Å²) in [6, 6.07) is 9.20. The second-order valence-corrected chi connectivity index (χ2v) is 5.11. The molecule has 1 aliphatic heterocycles. The van der Waals surface area contributed by atoms with Crippen LogP contribution < -0.4 is 5.73 Å². The minimum Gasteiger partial charge on any atom is -0.479 e. The number of carbonyl (C=O) groups is 2. The maximum Gasteiger partial charge on any atom is 0.334 e. The summed E-state index contributed by atoms with van der Waals surface area (Å²) in [7, 11) is 0. The highest BCUT2D eigenvalue weighted by atomic mass is 16.5. The monoisotopic (exact) mass is 292 g/mol. The number of carbonyl (C=O) groups excluding carboxylic acids is 1. The average Bonchev–Trinajstić information content (AvgIpc) is 2.53. The van der Waals surface area contributed by atoms with E-state index in [0.717, 1.165) is 12.0 Å². The number of morpholine rings is 1. The number of ether oxygens (including phenoxy) is 1. The highest BCUT2D eigenvalue weighted by Gasteiger charge is 2.30. The predicted octanol–water partition coefficient (Wildman–Crippen LogP) is 0.258. The topological polar surface area (TPSA) is 92.9 Å². The van der Waals surface area contributed by atoms with Crippen molar-refractivity contribution in [3.63, 3.8) is 0 Å². The third kappa shape index (κ3) is 4.27. The zero-order valence-corrected chi connectivity index (χ0v) is 11.8. The minimum absolute atomic E-state index is 0.0627. The fourth-order valence-corrected chi connectivity index (χ4v) is 2.32. The Hall–Kier alpha value is -1.92. The number of carboxylic acid groups (broad SMARTS) is 1. The molecule has 1 aliphatic rings. The SMILES string of the molecule is NC(CCc1ccccc1)C(=O)N1CCOC(C(=O)O)C1. The molecule has 6 nitrogen and oxygen atoms in total. The van der Waals surface area contributed by atoms with E-state index < -0.39 is 18.1 Å². The van der Waals surface area contributed by atoms with Crippen LogP contribution in [-0.2, 0) is 20.7 Å². The van der Waals surface area contributed by atoms with Crippen molar-refractivity contribution in [3.8, 4) is 0 Å². The van der Waals surface area contributed by atoms with Gasteiger partial charge in [-0.15, -0.1) is 0 Å². The molecule has 1 amide bonds. The fraction of sp³-hybridized carbons (Fsp3) is 0.467. The van der Waals surface area contributed by atoms with Gasteiger partial charge in [0.15, 0.2) is 6.10 Å². The predicted molar refractivity (Wildman–Crippen MR) is 76.7 cm³/mol. The van der Waals surface area contributed by atoms with Crippen LogP contribution in [0.3, 0.4) is 0 Å². The lowest BCUT2D eigenvalue weighted by molar-refractivity contribution is -0.159. The van der Waals surface area contributed by atoms with Gasteiger partial charge in [0.25, 0.3) is 0 Å². The smallest absolute Gasteiger partial charge is 0.334 e. The van der Waals surface area contributed by atoms with E-state index >= 15 is 0 Å². The maximum atomic E-state index is 12.2. The zero-order chi connectivity index (χ0) is 15.2. The van der Waals surface area contributed by atoms with E-state index in [1.807, 2.05) is 30.3 Å². The largest absolute Gasteiger partial charge is 0.479 e. The number of amides is 1. The Kier molecular flexibility index (Phi) is 5.30. The molecule has 1 aromatic carbocycles. The first-order valence-corrected chi connectivity index (χ1v) is 7.00. The van der Waals surface area contributed by atoms with Crippen molar-refractivity contribution in [2.45, 2.75) is 25.0 Å². The molecule has 0 aromatic heterocycles. The molecule has 2 rings (SSSR count). The van der Waals surface area contributed by atoms with Crippen molar-refractivity contribution >= 4 is 11.9 Å². The third-order valence-electron chi connectivity index (χ3n) is 3.56. The summed E-state index contributed by atoms with van der Waals surface area (Å²) >= 11 is 0. The summed E-state index contributed by atoms with van der Waals surface area (Å²) < 4.78 is 5.09. The fourth-order valence-electron chi connectivity index (χ4n) is 2.32. The molecule has 2 unspecified atom stereocenters. The molecule has 0 spiro atoms. The van der Waals surface area contributed by atoms with Crippen LogP contribution in [-0.4, -0.2) is 53.7 Å². The van der Waals surface area contributed by atoms with Crippen LogP contribution in [0.25, 0.3) is 0 Å². The first-order chi connectivity index (χ1) is 10.1. The van der Waals surface area contributed by atoms with Crippen LogP contribution in [0.5, 0.6) is 0 Å². The first-order valence-electron chi connectivity index (χ1n) is 7.00. The highest BCUT2D eigenvalue weighted by Crippen LogP contribution is 2.10. The summed E-state index contributed by atoms with van der Waals surface area (Å²) in [4.78, 5) is 24.6. The first kappa shape index (κ1) is 15.5. The van der Waals surface area contributed by atoms with Gasteiger partial charge in [-0.1, -0.05) is 30.3 Å². The van der Waals surface area contributed by atoms with E-state index in [1.165, 1.54) is 4.90 Å². The van der Waals surface area contributed by atoms with Crippen molar-refractivity contribution in [2.75, 3.05) is 19.7 Å². The van der Waals surface area contributed by atoms with Gasteiger partial charge in [-0.05, 0) is 18.4 Å². The van der Waals surface area contributed by atoms with Gasteiger partial charge in [-0.2, -0.15) is 0 Å². The van der Waals surface area contributed by atoms with Crippen LogP contribution in [0.2, 0.25) is 0 Å². The number of nitrogens with two attached hydrogens (primary N) is 1. The Morgan fingerprint density at radius 3 is 2.76 bits per heavy atom. The number of carboxylic acids is 1. The van der Waals surface area contributed by atoms with E-state index in [1.54, 1.807) is 0 Å². The summed E-state index contributed by atoms with van der Waals surface area (Å²) in [6.45, 7) is 0.683. The lowest BCUT2D eigenvalue weighted by Crippen LogP contribution is -2.53. The van der Waals surface area contributed by atoms with Gasteiger partial charge in [0.05, 0.1) is 19.2 Å². The molecule has 2 atom stereocenters. The molecule has 0 bridgehead atoms. The van der Waals surface area contributed by atoms with Crippen molar-refractivity contribution < 1.29 is 19.4 Å². The molecule has 1 aromatic rings. The van der Waals surface area contributed by atoms with Gasteiger partial charge in [0.1, 0.15) is 0 Å². The van der Waals surface area contributed by atoms with Gasteiger partial charge in [0.2, 0.25) is 5.91 Å². The summed E-state index contributed by atoms with van der Waals surface area (Å²) in [5, 5.41) is 8.93. The maximum absolute atomic E-state index is 12.2. The normalized spacial score (nSPS) is 20.0. The Morgan fingerprint density at radius 2 is 2.10 bits per heavy atom. The van der Waals surface area contributed by atoms with Gasteiger partial charge >= 0.3 is 5.97 Å². The number of benzene rings is 1. The Morgan fingerprint density at radius 1 is 1.38 bits per heavy atom. The third-order valence-corrected chi connectivity index (χ3v) is 3.56. The number of aliphatic carboxylic acids is 1. The molecule has 1 heterocycles. The molecule has 3 N–H and O–H groups in total. The van der Waals surface area contributed by atoms with E-state index in [2.05, 4.69) is 0 Å². The lowest BCUT2D eigenvalue weighted by atomic mass is 10.0. The number of rotatable bonds is 5. The molecule has 21 heavy (non-hydrogen) atoms. The molecule has 6 heteroatoms. The van der Waals surface area contributed by atoms with Gasteiger partial charge in [-0.25, -0.2) is 4.79 Å². The number of hydrogen-bond donors (Lipinski definition) is 2. The van der Waals surface area contributed by atoms with Crippen LogP contribution in [0.4, 0.5) is 0 Å². The van der Waals surface area contributed by atoms with Gasteiger partial charge in [0, 0.05) is 6.54 Å². The Labute approximate surface area is 123 Å². The molecule has 0 radical (unpaired) electrons. The lowest BCUT2D eigenvalue weighted by Gasteiger charge is -2.32. The molecular weight excluding hydrogens is 272 g/mol. The van der Waals surface area contributed by atoms with Crippen LogP contribution in [0.15, 0.2) is 30.3 Å². The van der Waals surface area contributed by atoms with E-state index in [0.29, 0.717) is 13.0 Å².